The summed E-state index contributed by atoms with van der Waals surface area (Å²) < 4.78 is 27.5. The highest BCUT2D eigenvalue weighted by atomic mass is 19.1. The molecule has 6 heteroatoms. The van der Waals surface area contributed by atoms with Crippen LogP contribution >= 0.6 is 0 Å². The summed E-state index contributed by atoms with van der Waals surface area (Å²) in [6.07, 6.45) is 2.94. The summed E-state index contributed by atoms with van der Waals surface area (Å²) in [6, 6.07) is 20.7. The zero-order valence-corrected chi connectivity index (χ0v) is 18.4. The van der Waals surface area contributed by atoms with Gasteiger partial charge in [-0.3, -0.25) is 4.79 Å². The van der Waals surface area contributed by atoms with Gasteiger partial charge in [0, 0.05) is 27.9 Å². The van der Waals surface area contributed by atoms with E-state index in [1.807, 2.05) is 36.4 Å². The van der Waals surface area contributed by atoms with Gasteiger partial charge in [0.15, 0.2) is 0 Å². The van der Waals surface area contributed by atoms with Crippen LogP contribution in [0.4, 0.5) is 8.78 Å². The van der Waals surface area contributed by atoms with Gasteiger partial charge in [0.2, 0.25) is 5.91 Å². The van der Waals surface area contributed by atoms with Crippen LogP contribution in [0.5, 0.6) is 0 Å². The zero-order chi connectivity index (χ0) is 23.7. The van der Waals surface area contributed by atoms with E-state index in [0.29, 0.717) is 22.5 Å². The van der Waals surface area contributed by atoms with Crippen LogP contribution in [0, 0.1) is 18.6 Å². The van der Waals surface area contributed by atoms with Crippen molar-refractivity contribution in [3.63, 3.8) is 0 Å². The van der Waals surface area contributed by atoms with Crippen molar-refractivity contribution in [2.75, 3.05) is 0 Å². The second-order valence-corrected chi connectivity index (χ2v) is 8.18. The Bertz CT molecular complexity index is 1550. The molecule has 1 amide bonds. The van der Waals surface area contributed by atoms with Crippen molar-refractivity contribution in [3.8, 4) is 11.3 Å². The Labute approximate surface area is 195 Å². The number of carbonyl (C=O) groups excluding carboxylic acids is 1. The van der Waals surface area contributed by atoms with Crippen molar-refractivity contribution in [2.45, 2.75) is 13.5 Å². The molecule has 5 rings (SSSR count). The Kier molecular flexibility index (Phi) is 5.64. The van der Waals surface area contributed by atoms with Crippen molar-refractivity contribution >= 4 is 33.8 Å². The summed E-state index contributed by atoms with van der Waals surface area (Å²) in [6.45, 7) is 1.98. The van der Waals surface area contributed by atoms with E-state index in [9.17, 15) is 13.6 Å². The molecule has 34 heavy (non-hydrogen) atoms. The van der Waals surface area contributed by atoms with E-state index in [4.69, 9.17) is 4.98 Å². The molecule has 0 atom stereocenters. The number of aromatic amines is 1. The predicted octanol–water partition coefficient (Wildman–Crippen LogP) is 6.30. The van der Waals surface area contributed by atoms with Gasteiger partial charge in [-0.15, -0.1) is 0 Å². The summed E-state index contributed by atoms with van der Waals surface area (Å²) in [5, 5.41) is 4.79. The number of nitrogens with one attached hydrogen (secondary N) is 2. The third kappa shape index (κ3) is 4.43. The first kappa shape index (κ1) is 21.5. The van der Waals surface area contributed by atoms with E-state index < -0.39 is 0 Å². The molecule has 0 saturated heterocycles. The van der Waals surface area contributed by atoms with E-state index in [1.54, 1.807) is 25.1 Å². The van der Waals surface area contributed by atoms with Gasteiger partial charge in [-0.05, 0) is 60.5 Å². The van der Waals surface area contributed by atoms with Crippen LogP contribution in [-0.2, 0) is 11.3 Å². The van der Waals surface area contributed by atoms with Crippen LogP contribution < -0.4 is 5.32 Å². The molecule has 2 aromatic heterocycles. The summed E-state index contributed by atoms with van der Waals surface area (Å²) in [5.74, 6) is -1.02. The molecule has 0 aliphatic rings. The first-order valence-electron chi connectivity index (χ1n) is 10.9. The van der Waals surface area contributed by atoms with Gasteiger partial charge in [-0.25, -0.2) is 13.8 Å². The largest absolute Gasteiger partial charge is 0.353 e. The van der Waals surface area contributed by atoms with E-state index in [0.717, 1.165) is 27.4 Å². The quantitative estimate of drug-likeness (QED) is 0.307. The lowest BCUT2D eigenvalue weighted by atomic mass is 10.1. The Morgan fingerprint density at radius 2 is 1.82 bits per heavy atom. The maximum Gasteiger partial charge on any atom is 0.244 e. The number of hydrogen-bond acceptors (Lipinski definition) is 2. The van der Waals surface area contributed by atoms with Crippen molar-refractivity contribution in [1.29, 1.82) is 0 Å². The van der Waals surface area contributed by atoms with Gasteiger partial charge in [0.1, 0.15) is 11.6 Å². The lowest BCUT2D eigenvalue weighted by Gasteiger charge is -2.08. The number of halogens is 2. The lowest BCUT2D eigenvalue weighted by molar-refractivity contribution is -0.116. The van der Waals surface area contributed by atoms with E-state index in [1.165, 1.54) is 30.3 Å². The second-order valence-electron chi connectivity index (χ2n) is 8.18. The number of fused-ring (bicyclic) bond motifs is 3. The van der Waals surface area contributed by atoms with E-state index >= 15 is 0 Å². The monoisotopic (exact) mass is 453 g/mol. The minimum absolute atomic E-state index is 0.184. The number of aromatic nitrogens is 2. The van der Waals surface area contributed by atoms with Gasteiger partial charge in [-0.2, -0.15) is 0 Å². The lowest BCUT2D eigenvalue weighted by Crippen LogP contribution is -2.21. The summed E-state index contributed by atoms with van der Waals surface area (Å²) in [4.78, 5) is 20.5. The van der Waals surface area contributed by atoms with E-state index in [2.05, 4.69) is 10.3 Å². The molecule has 0 aliphatic carbocycles. The molecule has 2 heterocycles. The van der Waals surface area contributed by atoms with Crippen molar-refractivity contribution in [2.24, 2.45) is 0 Å². The number of aryl methyl sites for hydroxylation is 1. The van der Waals surface area contributed by atoms with Crippen molar-refractivity contribution < 1.29 is 13.6 Å². The maximum absolute atomic E-state index is 14.0. The minimum Gasteiger partial charge on any atom is -0.353 e. The molecule has 5 aromatic rings. The van der Waals surface area contributed by atoms with Crippen LogP contribution in [-0.4, -0.2) is 15.9 Å². The van der Waals surface area contributed by atoms with Gasteiger partial charge >= 0.3 is 0 Å². The number of hydrogen-bond donors (Lipinski definition) is 2. The van der Waals surface area contributed by atoms with Crippen molar-refractivity contribution in [3.05, 3.63) is 107 Å². The van der Waals surface area contributed by atoms with Crippen molar-refractivity contribution in [1.82, 2.24) is 15.3 Å². The average molecular weight is 453 g/mol. The molecule has 0 bridgehead atoms. The van der Waals surface area contributed by atoms with Crippen LogP contribution in [0.25, 0.3) is 39.1 Å². The van der Waals surface area contributed by atoms with E-state index in [-0.39, 0.29) is 24.1 Å². The standard InChI is InChI=1S/C28H21F2N3O/c1-17-11-18(13-21(30)12-17)9-10-26(34)31-16-22-15-24-23-7-2-3-8-25(23)33-28(24)27(32-22)19-5-4-6-20(29)14-19/h2-15,33H,16H2,1H3,(H,31,34)/b10-9+. The Balaban J connectivity index is 1.46. The Morgan fingerprint density at radius 3 is 2.65 bits per heavy atom. The maximum atomic E-state index is 14.0. The fraction of sp³-hybridized carbons (Fsp3) is 0.0714. The molecule has 0 aliphatic heterocycles. The third-order valence-electron chi connectivity index (χ3n) is 5.58. The topological polar surface area (TPSA) is 57.8 Å². The minimum atomic E-state index is -0.347. The number of benzene rings is 3. The van der Waals surface area contributed by atoms with Crippen LogP contribution in [0.2, 0.25) is 0 Å². The highest BCUT2D eigenvalue weighted by Crippen LogP contribution is 2.32. The first-order valence-corrected chi connectivity index (χ1v) is 10.9. The van der Waals surface area contributed by atoms with Gasteiger partial charge in [0.05, 0.1) is 23.4 Å². The van der Waals surface area contributed by atoms with Crippen LogP contribution in [0.15, 0.2) is 78.9 Å². The number of amides is 1. The number of carbonyl (C=O) groups is 1. The second kappa shape index (κ2) is 8.90. The number of para-hydroxylation sites is 1. The fourth-order valence-electron chi connectivity index (χ4n) is 4.10. The molecule has 3 aromatic carbocycles. The normalized spacial score (nSPS) is 11.5. The number of rotatable bonds is 5. The third-order valence-corrected chi connectivity index (χ3v) is 5.58. The molecule has 168 valence electrons. The van der Waals surface area contributed by atoms with Crippen LogP contribution in [0.1, 0.15) is 16.8 Å². The molecule has 0 saturated carbocycles. The molecular formula is C28H21F2N3O. The zero-order valence-electron chi connectivity index (χ0n) is 18.4. The fourth-order valence-corrected chi connectivity index (χ4v) is 4.10. The van der Waals surface area contributed by atoms with Crippen LogP contribution in [0.3, 0.4) is 0 Å². The molecule has 4 nitrogen and oxygen atoms in total. The molecule has 0 fully saturated rings. The summed E-state index contributed by atoms with van der Waals surface area (Å²) >= 11 is 0. The highest BCUT2D eigenvalue weighted by Gasteiger charge is 2.14. The summed E-state index contributed by atoms with van der Waals surface area (Å²) in [7, 11) is 0. The Morgan fingerprint density at radius 1 is 0.971 bits per heavy atom. The van der Waals surface area contributed by atoms with Gasteiger partial charge < -0.3 is 10.3 Å². The number of pyridine rings is 1. The highest BCUT2D eigenvalue weighted by molar-refractivity contribution is 6.11. The Hall–Kier alpha value is -4.32. The smallest absolute Gasteiger partial charge is 0.244 e. The number of H-pyrrole nitrogens is 1. The molecule has 0 unspecified atom stereocenters. The SMILES string of the molecule is Cc1cc(F)cc(/C=C/C(=O)NCc2cc3c([nH]c4ccccc43)c(-c3cccc(F)c3)n2)c1. The molecular weight excluding hydrogens is 432 g/mol. The molecule has 0 spiro atoms. The summed E-state index contributed by atoms with van der Waals surface area (Å²) in [5.41, 5.74) is 5.05. The first-order chi connectivity index (χ1) is 16.5. The predicted molar refractivity (Wildman–Crippen MR) is 131 cm³/mol. The number of nitrogens with zero attached hydrogens (tertiary/aromatic N) is 1. The average Bonchev–Trinajstić information content (AvgIpc) is 3.19. The van der Waals surface area contributed by atoms with Gasteiger partial charge in [0.25, 0.3) is 0 Å². The van der Waals surface area contributed by atoms with Gasteiger partial charge in [-0.1, -0.05) is 36.4 Å². The molecule has 0 radical (unpaired) electrons. The molecule has 2 N–H and O–H groups in total.